The first-order valence-electron chi connectivity index (χ1n) is 12.1. The molecule has 0 spiro atoms. The summed E-state index contributed by atoms with van der Waals surface area (Å²) in [6.07, 6.45) is 0. The van der Waals surface area contributed by atoms with Gasteiger partial charge in [-0.1, -0.05) is 36.4 Å². The first-order chi connectivity index (χ1) is 17.9. The van der Waals surface area contributed by atoms with Crippen LogP contribution in [0.25, 0.3) is 10.9 Å². The molecule has 0 atom stereocenters. The van der Waals surface area contributed by atoms with Gasteiger partial charge in [0, 0.05) is 54.9 Å². The van der Waals surface area contributed by atoms with Crippen LogP contribution >= 0.6 is 0 Å². The fourth-order valence-electron chi connectivity index (χ4n) is 4.66. The van der Waals surface area contributed by atoms with Crippen LogP contribution in [-0.4, -0.2) is 53.0 Å². The van der Waals surface area contributed by atoms with E-state index in [9.17, 15) is 19.1 Å². The minimum absolute atomic E-state index is 0.126. The number of hydrogen-bond donors (Lipinski definition) is 2. The molecule has 1 fully saturated rings. The van der Waals surface area contributed by atoms with Gasteiger partial charge >= 0.3 is 5.97 Å². The molecule has 0 unspecified atom stereocenters. The standard InChI is InChI=1S/C29H27FN4O3/c1-19-6-2-4-8-22(19)28(35)31-21-10-11-26-23(16-21)24(29(36)37)17-27(32-26)34-14-12-33(13-15-34)18-20-7-3-5-9-25(20)30/h2-11,16-17H,12-15,18H2,1H3,(H,31,35)(H,36,37). The van der Waals surface area contributed by atoms with Crippen LogP contribution in [0.4, 0.5) is 15.9 Å². The van der Waals surface area contributed by atoms with Crippen LogP contribution in [0.15, 0.2) is 72.8 Å². The second-order valence-electron chi connectivity index (χ2n) is 9.19. The summed E-state index contributed by atoms with van der Waals surface area (Å²) in [4.78, 5) is 33.9. The summed E-state index contributed by atoms with van der Waals surface area (Å²) < 4.78 is 14.0. The van der Waals surface area contributed by atoms with Crippen LogP contribution < -0.4 is 10.2 Å². The van der Waals surface area contributed by atoms with Crippen molar-refractivity contribution < 1.29 is 19.1 Å². The number of halogens is 1. The van der Waals surface area contributed by atoms with Crippen LogP contribution in [0.5, 0.6) is 0 Å². The number of aromatic nitrogens is 1. The molecule has 2 N–H and O–H groups in total. The molecule has 37 heavy (non-hydrogen) atoms. The van der Waals surface area contributed by atoms with Crippen molar-refractivity contribution in [3.8, 4) is 0 Å². The topological polar surface area (TPSA) is 85.8 Å². The molecule has 1 saturated heterocycles. The van der Waals surface area contributed by atoms with Gasteiger partial charge in [0.25, 0.3) is 5.91 Å². The minimum atomic E-state index is -1.06. The van der Waals surface area contributed by atoms with Crippen LogP contribution in [0, 0.1) is 12.7 Å². The average molecular weight is 499 g/mol. The Morgan fingerprint density at radius 1 is 0.946 bits per heavy atom. The van der Waals surface area contributed by atoms with Crippen molar-refractivity contribution in [2.45, 2.75) is 13.5 Å². The van der Waals surface area contributed by atoms with E-state index >= 15 is 0 Å². The Morgan fingerprint density at radius 2 is 1.68 bits per heavy atom. The summed E-state index contributed by atoms with van der Waals surface area (Å²) in [5, 5.41) is 13.3. The molecule has 1 aliphatic rings. The van der Waals surface area contributed by atoms with Gasteiger partial charge in [-0.3, -0.25) is 9.69 Å². The Labute approximate surface area is 214 Å². The first-order valence-corrected chi connectivity index (χ1v) is 12.1. The summed E-state index contributed by atoms with van der Waals surface area (Å²) in [6.45, 7) is 5.11. The molecule has 4 aromatic rings. The summed E-state index contributed by atoms with van der Waals surface area (Å²) in [5.41, 5.74) is 3.24. The normalized spacial score (nSPS) is 14.1. The number of amides is 1. The molecule has 7 nitrogen and oxygen atoms in total. The second-order valence-corrected chi connectivity index (χ2v) is 9.19. The Balaban J connectivity index is 1.34. The number of hydrogen-bond acceptors (Lipinski definition) is 5. The maximum absolute atomic E-state index is 14.0. The van der Waals surface area contributed by atoms with Gasteiger partial charge in [0.2, 0.25) is 0 Å². The molecule has 0 bridgehead atoms. The van der Waals surface area contributed by atoms with E-state index in [0.29, 0.717) is 66.3 Å². The van der Waals surface area contributed by atoms with Crippen molar-refractivity contribution in [2.75, 3.05) is 36.4 Å². The second kappa shape index (κ2) is 10.4. The average Bonchev–Trinajstić information content (AvgIpc) is 2.90. The Hall–Kier alpha value is -4.30. The largest absolute Gasteiger partial charge is 0.478 e. The molecule has 1 aliphatic heterocycles. The van der Waals surface area contributed by atoms with Crippen molar-refractivity contribution in [1.29, 1.82) is 0 Å². The molecule has 2 heterocycles. The number of fused-ring (bicyclic) bond motifs is 1. The number of nitrogens with zero attached hydrogens (tertiary/aromatic N) is 3. The van der Waals surface area contributed by atoms with E-state index in [-0.39, 0.29) is 17.3 Å². The number of anilines is 2. The fourth-order valence-corrected chi connectivity index (χ4v) is 4.66. The van der Waals surface area contributed by atoms with E-state index < -0.39 is 5.97 Å². The Morgan fingerprint density at radius 3 is 2.41 bits per heavy atom. The van der Waals surface area contributed by atoms with Crippen LogP contribution in [-0.2, 0) is 6.54 Å². The van der Waals surface area contributed by atoms with Gasteiger partial charge in [0.1, 0.15) is 11.6 Å². The van der Waals surface area contributed by atoms with Crippen LogP contribution in [0.2, 0.25) is 0 Å². The van der Waals surface area contributed by atoms with E-state index in [1.807, 2.05) is 25.1 Å². The monoisotopic (exact) mass is 498 g/mol. The number of carbonyl (C=O) groups excluding carboxylic acids is 1. The quantitative estimate of drug-likeness (QED) is 0.391. The molecule has 8 heteroatoms. The molecule has 188 valence electrons. The minimum Gasteiger partial charge on any atom is -0.478 e. The molecule has 0 saturated carbocycles. The highest BCUT2D eigenvalue weighted by molar-refractivity contribution is 6.08. The van der Waals surface area contributed by atoms with Gasteiger partial charge in [0.15, 0.2) is 0 Å². The van der Waals surface area contributed by atoms with Crippen molar-refractivity contribution in [3.05, 3.63) is 101 Å². The van der Waals surface area contributed by atoms with Gasteiger partial charge in [-0.15, -0.1) is 0 Å². The van der Waals surface area contributed by atoms with Gasteiger partial charge in [-0.25, -0.2) is 14.2 Å². The molecule has 3 aromatic carbocycles. The van der Waals surface area contributed by atoms with Crippen molar-refractivity contribution in [2.24, 2.45) is 0 Å². The SMILES string of the molecule is Cc1ccccc1C(=O)Nc1ccc2nc(N3CCN(Cc4ccccc4F)CC3)cc(C(=O)O)c2c1. The fraction of sp³-hybridized carbons (Fsp3) is 0.207. The zero-order chi connectivity index (χ0) is 25.9. The highest BCUT2D eigenvalue weighted by atomic mass is 19.1. The summed E-state index contributed by atoms with van der Waals surface area (Å²) in [5.74, 6) is -0.935. The number of carbonyl (C=O) groups is 2. The third kappa shape index (κ3) is 5.29. The smallest absolute Gasteiger partial charge is 0.336 e. The zero-order valence-electron chi connectivity index (χ0n) is 20.4. The molecule has 1 amide bonds. The summed E-state index contributed by atoms with van der Waals surface area (Å²) >= 11 is 0. The number of nitrogens with one attached hydrogen (secondary N) is 1. The highest BCUT2D eigenvalue weighted by Gasteiger charge is 2.22. The van der Waals surface area contributed by atoms with Crippen molar-refractivity contribution in [3.63, 3.8) is 0 Å². The maximum Gasteiger partial charge on any atom is 0.336 e. The van der Waals surface area contributed by atoms with E-state index in [4.69, 9.17) is 4.98 Å². The van der Waals surface area contributed by atoms with Crippen molar-refractivity contribution in [1.82, 2.24) is 9.88 Å². The molecular weight excluding hydrogens is 471 g/mol. The summed E-state index contributed by atoms with van der Waals surface area (Å²) in [6, 6.07) is 20.8. The number of aromatic carboxylic acids is 1. The van der Waals surface area contributed by atoms with Gasteiger partial charge in [-0.05, 0) is 48.9 Å². The molecular formula is C29H27FN4O3. The number of benzene rings is 3. The third-order valence-electron chi connectivity index (χ3n) is 6.72. The molecule has 5 rings (SSSR count). The predicted octanol–water partition coefficient (Wildman–Crippen LogP) is 4.96. The molecule has 0 radical (unpaired) electrons. The number of aryl methyl sites for hydroxylation is 1. The van der Waals surface area contributed by atoms with E-state index in [1.54, 1.807) is 48.5 Å². The van der Waals surface area contributed by atoms with E-state index in [1.165, 1.54) is 6.07 Å². The third-order valence-corrected chi connectivity index (χ3v) is 6.72. The van der Waals surface area contributed by atoms with Gasteiger partial charge < -0.3 is 15.3 Å². The number of piperazine rings is 1. The van der Waals surface area contributed by atoms with Crippen LogP contribution in [0.3, 0.4) is 0 Å². The lowest BCUT2D eigenvalue weighted by atomic mass is 10.1. The summed E-state index contributed by atoms with van der Waals surface area (Å²) in [7, 11) is 0. The highest BCUT2D eigenvalue weighted by Crippen LogP contribution is 2.27. The predicted molar refractivity (Wildman–Crippen MR) is 142 cm³/mol. The van der Waals surface area contributed by atoms with E-state index in [0.717, 1.165) is 5.56 Å². The number of carboxylic acids is 1. The van der Waals surface area contributed by atoms with E-state index in [2.05, 4.69) is 15.1 Å². The number of pyridine rings is 1. The Bertz CT molecular complexity index is 1480. The number of carboxylic acid groups (broad SMARTS) is 1. The Kier molecular flexibility index (Phi) is 6.83. The zero-order valence-corrected chi connectivity index (χ0v) is 20.4. The van der Waals surface area contributed by atoms with Gasteiger partial charge in [0.05, 0.1) is 11.1 Å². The first kappa shape index (κ1) is 24.4. The molecule has 0 aliphatic carbocycles. The lowest BCUT2D eigenvalue weighted by Crippen LogP contribution is -2.46. The van der Waals surface area contributed by atoms with Crippen molar-refractivity contribution >= 4 is 34.3 Å². The maximum atomic E-state index is 14.0. The lowest BCUT2D eigenvalue weighted by molar-refractivity contribution is 0.0698. The molecule has 1 aromatic heterocycles. The lowest BCUT2D eigenvalue weighted by Gasteiger charge is -2.35. The van der Waals surface area contributed by atoms with Gasteiger partial charge in [-0.2, -0.15) is 0 Å². The number of rotatable bonds is 6. The van der Waals surface area contributed by atoms with Crippen LogP contribution in [0.1, 0.15) is 31.8 Å².